The summed E-state index contributed by atoms with van der Waals surface area (Å²) in [5.74, 6) is 2.93. The lowest BCUT2D eigenvalue weighted by Gasteiger charge is -2.74. The van der Waals surface area contributed by atoms with E-state index in [-0.39, 0.29) is 28.6 Å². The van der Waals surface area contributed by atoms with E-state index in [0.29, 0.717) is 19.3 Å². The van der Waals surface area contributed by atoms with E-state index < -0.39 is 15.4 Å². The predicted molar refractivity (Wildman–Crippen MR) is 160 cm³/mol. The Morgan fingerprint density at radius 3 is 2.67 bits per heavy atom. The highest BCUT2D eigenvalue weighted by molar-refractivity contribution is 7.89. The van der Waals surface area contributed by atoms with E-state index in [0.717, 1.165) is 67.2 Å². The van der Waals surface area contributed by atoms with Crippen LogP contribution < -0.4 is 9.47 Å². The zero-order chi connectivity index (χ0) is 28.9. The van der Waals surface area contributed by atoms with E-state index in [1.807, 2.05) is 31.4 Å². The summed E-state index contributed by atoms with van der Waals surface area (Å²) in [5, 5.41) is 0. The van der Waals surface area contributed by atoms with Gasteiger partial charge in [0.1, 0.15) is 11.7 Å². The Hall–Kier alpha value is -2.13. The maximum atomic E-state index is 11.8. The van der Waals surface area contributed by atoms with Crippen molar-refractivity contribution < 1.29 is 27.4 Å². The minimum atomic E-state index is -3.09. The molecule has 7 nitrogen and oxygen atoms in total. The minimum Gasteiger partial charge on any atom is -0.493 e. The quantitative estimate of drug-likeness (QED) is 0.396. The SMILES string of the molecule is COc1ccc2c3c1O[C@H]1[C@@]4(OC)CC[C@@]5(C[C@@H]4COCc4cccc(CS(C)(=O)=O)c4)[C@@H](C2)N(CC2CC2)CC[C@]315. The van der Waals surface area contributed by atoms with Crippen LogP contribution >= 0.6 is 0 Å². The Morgan fingerprint density at radius 1 is 1.07 bits per heavy atom. The van der Waals surface area contributed by atoms with Gasteiger partial charge in [-0.25, -0.2) is 8.42 Å². The summed E-state index contributed by atoms with van der Waals surface area (Å²) >= 11 is 0. The van der Waals surface area contributed by atoms with Crippen molar-refractivity contribution in [1.82, 2.24) is 4.90 Å². The van der Waals surface area contributed by atoms with Gasteiger partial charge in [0, 0.05) is 48.3 Å². The first-order valence-corrected chi connectivity index (χ1v) is 17.8. The van der Waals surface area contributed by atoms with Gasteiger partial charge >= 0.3 is 0 Å². The summed E-state index contributed by atoms with van der Waals surface area (Å²) in [6, 6.07) is 12.7. The monoisotopic (exact) mass is 593 g/mol. The second-order valence-electron chi connectivity index (χ2n) is 14.1. The van der Waals surface area contributed by atoms with Crippen molar-refractivity contribution in [3.8, 4) is 11.5 Å². The van der Waals surface area contributed by atoms with Crippen LogP contribution in [0.15, 0.2) is 36.4 Å². The highest BCUT2D eigenvalue weighted by Crippen LogP contribution is 2.76. The second kappa shape index (κ2) is 9.43. The molecular weight excluding hydrogens is 550 g/mol. The van der Waals surface area contributed by atoms with E-state index in [2.05, 4.69) is 17.0 Å². The highest BCUT2D eigenvalue weighted by Gasteiger charge is 2.80. The Labute approximate surface area is 249 Å². The van der Waals surface area contributed by atoms with Crippen LogP contribution in [0.25, 0.3) is 0 Å². The van der Waals surface area contributed by atoms with Crippen LogP contribution in [0.1, 0.15) is 60.8 Å². The number of fused-ring (bicyclic) bond motifs is 2. The van der Waals surface area contributed by atoms with E-state index in [9.17, 15) is 8.42 Å². The van der Waals surface area contributed by atoms with Gasteiger partial charge in [-0.05, 0) is 80.2 Å². The molecule has 0 amide bonds. The number of rotatable bonds is 10. The number of piperidine rings is 1. The first-order valence-electron chi connectivity index (χ1n) is 15.7. The van der Waals surface area contributed by atoms with Gasteiger partial charge in [0.25, 0.3) is 0 Å². The fraction of sp³-hybridized carbons (Fsp3) is 0.647. The highest BCUT2D eigenvalue weighted by atomic mass is 32.2. The van der Waals surface area contributed by atoms with E-state index in [1.54, 1.807) is 7.11 Å². The topological polar surface area (TPSA) is 74.3 Å². The standard InChI is InChI=1S/C34H43NO6S/c1-38-27-10-9-25-16-28-32-11-12-34(39-2,26(17-32)20-40-19-23-5-4-6-24(15-23)21-42(3,36)37)31-33(32,29(25)30(27)41-31)13-14-35(28)18-22-7-8-22/h4-6,9-10,15,22,26,28,31H,7-8,11-14,16-21H2,1-3H3/t26-,28-,31-,32-,33+,34-/m1/s1. The molecule has 0 N–H and O–H groups in total. The molecule has 5 aliphatic carbocycles. The number of methoxy groups -OCH3 is 2. The number of hydrogen-bond donors (Lipinski definition) is 0. The van der Waals surface area contributed by atoms with Crippen LogP contribution in [0.3, 0.4) is 0 Å². The van der Waals surface area contributed by atoms with Gasteiger partial charge in [-0.3, -0.25) is 4.90 Å². The predicted octanol–water partition coefficient (Wildman–Crippen LogP) is 4.68. The van der Waals surface area contributed by atoms with E-state index in [1.165, 1.54) is 36.8 Å². The van der Waals surface area contributed by atoms with Crippen molar-refractivity contribution in [2.24, 2.45) is 17.3 Å². The molecule has 42 heavy (non-hydrogen) atoms. The molecule has 0 aromatic heterocycles. The summed E-state index contributed by atoms with van der Waals surface area (Å²) in [5.41, 5.74) is 4.32. The van der Waals surface area contributed by atoms with Crippen molar-refractivity contribution in [2.75, 3.05) is 40.2 Å². The molecule has 8 heteroatoms. The van der Waals surface area contributed by atoms with Crippen molar-refractivity contribution >= 4 is 9.84 Å². The molecule has 4 saturated carbocycles. The summed E-state index contributed by atoms with van der Waals surface area (Å²) in [4.78, 5) is 2.86. The third-order valence-electron chi connectivity index (χ3n) is 12.0. The van der Waals surface area contributed by atoms with Crippen LogP contribution in [0.2, 0.25) is 0 Å². The molecule has 6 atom stereocenters. The van der Waals surface area contributed by atoms with Crippen molar-refractivity contribution in [3.63, 3.8) is 0 Å². The molecule has 0 unspecified atom stereocenters. The fourth-order valence-electron chi connectivity index (χ4n) is 10.3. The van der Waals surface area contributed by atoms with Gasteiger partial charge in [0.2, 0.25) is 0 Å². The molecule has 0 radical (unpaired) electrons. The van der Waals surface area contributed by atoms with Crippen LogP contribution in [-0.2, 0) is 43.5 Å². The average molecular weight is 594 g/mol. The number of nitrogens with zero attached hydrogens (tertiary/aromatic N) is 1. The van der Waals surface area contributed by atoms with Gasteiger partial charge in [-0.2, -0.15) is 0 Å². The summed E-state index contributed by atoms with van der Waals surface area (Å²) in [7, 11) is 0.541. The molecule has 2 aliphatic heterocycles. The number of sulfone groups is 1. The largest absolute Gasteiger partial charge is 0.493 e. The third-order valence-corrected chi connectivity index (χ3v) is 12.9. The van der Waals surface area contributed by atoms with Crippen LogP contribution in [0, 0.1) is 17.3 Å². The number of ether oxygens (including phenoxy) is 4. The summed E-state index contributed by atoms with van der Waals surface area (Å²) < 4.78 is 49.9. The lowest BCUT2D eigenvalue weighted by molar-refractivity contribution is -0.283. The second-order valence-corrected chi connectivity index (χ2v) is 16.3. The fourth-order valence-corrected chi connectivity index (χ4v) is 11.1. The Morgan fingerprint density at radius 2 is 1.90 bits per heavy atom. The van der Waals surface area contributed by atoms with Gasteiger partial charge in [0.05, 0.1) is 26.1 Å². The lowest BCUT2D eigenvalue weighted by Crippen LogP contribution is -2.81. The Bertz CT molecular complexity index is 1520. The normalized spacial score (nSPS) is 36.0. The van der Waals surface area contributed by atoms with E-state index in [4.69, 9.17) is 18.9 Å². The lowest BCUT2D eigenvalue weighted by atomic mass is 9.35. The van der Waals surface area contributed by atoms with Crippen molar-refractivity contribution in [1.29, 1.82) is 0 Å². The maximum Gasteiger partial charge on any atom is 0.165 e. The first kappa shape index (κ1) is 27.4. The molecule has 7 aliphatic rings. The number of likely N-dealkylation sites (tertiary alicyclic amines) is 1. The molecule has 9 rings (SSSR count). The molecule has 2 aromatic carbocycles. The molecule has 1 saturated heterocycles. The molecule has 226 valence electrons. The van der Waals surface area contributed by atoms with Crippen LogP contribution in [0.5, 0.6) is 11.5 Å². The van der Waals surface area contributed by atoms with Gasteiger partial charge in [-0.1, -0.05) is 30.3 Å². The molecular formula is C34H43NO6S. The third kappa shape index (κ3) is 3.77. The molecule has 2 heterocycles. The minimum absolute atomic E-state index is 0.0463. The van der Waals surface area contributed by atoms with Crippen molar-refractivity contribution in [2.45, 2.75) is 80.5 Å². The Balaban J connectivity index is 1.14. The molecule has 5 fully saturated rings. The Kier molecular flexibility index (Phi) is 6.16. The first-order chi connectivity index (χ1) is 20.2. The molecule has 4 bridgehead atoms. The average Bonchev–Trinajstić information content (AvgIpc) is 3.71. The zero-order valence-electron chi connectivity index (χ0n) is 25.1. The van der Waals surface area contributed by atoms with E-state index >= 15 is 0 Å². The van der Waals surface area contributed by atoms with Crippen LogP contribution in [0.4, 0.5) is 0 Å². The summed E-state index contributed by atoms with van der Waals surface area (Å²) in [6.07, 6.45) is 9.38. The number of hydrogen-bond acceptors (Lipinski definition) is 7. The van der Waals surface area contributed by atoms with Gasteiger partial charge in [-0.15, -0.1) is 0 Å². The zero-order valence-corrected chi connectivity index (χ0v) is 25.9. The molecule has 2 aromatic rings. The maximum absolute atomic E-state index is 11.8. The molecule has 2 spiro atoms. The van der Waals surface area contributed by atoms with Crippen molar-refractivity contribution in [3.05, 3.63) is 58.7 Å². The smallest absolute Gasteiger partial charge is 0.165 e. The van der Waals surface area contributed by atoms with Crippen LogP contribution in [-0.4, -0.2) is 71.2 Å². The number of benzene rings is 2. The van der Waals surface area contributed by atoms with Gasteiger partial charge < -0.3 is 18.9 Å². The van der Waals surface area contributed by atoms with Gasteiger partial charge in [0.15, 0.2) is 21.3 Å². The summed E-state index contributed by atoms with van der Waals surface area (Å²) in [6.45, 7) is 3.40.